The molecular formula is C13H19NO. The summed E-state index contributed by atoms with van der Waals surface area (Å²) in [5, 5.41) is 0. The predicted molar refractivity (Wildman–Crippen MR) is 63.1 cm³/mol. The summed E-state index contributed by atoms with van der Waals surface area (Å²) in [4.78, 5) is 2.31. The molecule has 0 bridgehead atoms. The van der Waals surface area contributed by atoms with E-state index in [1.54, 1.807) is 0 Å². The summed E-state index contributed by atoms with van der Waals surface area (Å²) >= 11 is 0. The first-order valence-corrected chi connectivity index (χ1v) is 5.73. The highest BCUT2D eigenvalue weighted by Gasteiger charge is 2.35. The molecule has 0 aromatic heterocycles. The molecule has 2 heteroatoms. The summed E-state index contributed by atoms with van der Waals surface area (Å²) in [6.45, 7) is 6.16. The average molecular weight is 205 g/mol. The molecule has 2 rings (SSSR count). The van der Waals surface area contributed by atoms with Crippen molar-refractivity contribution in [1.29, 1.82) is 0 Å². The molecule has 1 aromatic carbocycles. The molecule has 1 aliphatic rings. The van der Waals surface area contributed by atoms with E-state index in [-0.39, 0.29) is 5.60 Å². The van der Waals surface area contributed by atoms with Gasteiger partial charge in [-0.1, -0.05) is 32.0 Å². The number of rotatable bonds is 3. The standard InChI is InChI=1S/C13H19NO/c1-3-13(4-2)10-14(11-15-13)12-8-6-5-7-9-12/h5-9H,3-4,10-11H2,1-2H3. The van der Waals surface area contributed by atoms with Gasteiger partial charge in [-0.05, 0) is 25.0 Å². The van der Waals surface area contributed by atoms with Gasteiger partial charge in [0.15, 0.2) is 0 Å². The van der Waals surface area contributed by atoms with E-state index < -0.39 is 0 Å². The zero-order valence-electron chi connectivity index (χ0n) is 9.57. The van der Waals surface area contributed by atoms with Crippen molar-refractivity contribution < 1.29 is 4.74 Å². The Bertz CT molecular complexity index is 306. The van der Waals surface area contributed by atoms with E-state index in [0.29, 0.717) is 0 Å². The molecule has 0 radical (unpaired) electrons. The SMILES string of the molecule is CCC1(CC)CN(c2ccccc2)CO1. The second-order valence-electron chi connectivity index (χ2n) is 4.20. The Morgan fingerprint density at radius 1 is 1.20 bits per heavy atom. The van der Waals surface area contributed by atoms with Gasteiger partial charge in [0, 0.05) is 12.2 Å². The Hall–Kier alpha value is -1.02. The van der Waals surface area contributed by atoms with Crippen LogP contribution in [0.15, 0.2) is 30.3 Å². The number of hydrogen-bond donors (Lipinski definition) is 0. The van der Waals surface area contributed by atoms with Gasteiger partial charge in [0.05, 0.1) is 5.60 Å². The van der Waals surface area contributed by atoms with Crippen LogP contribution in [0.3, 0.4) is 0 Å². The molecule has 0 saturated carbocycles. The minimum absolute atomic E-state index is 0.0792. The van der Waals surface area contributed by atoms with Gasteiger partial charge in [0.25, 0.3) is 0 Å². The third-order valence-corrected chi connectivity index (χ3v) is 3.42. The molecule has 0 unspecified atom stereocenters. The summed E-state index contributed by atoms with van der Waals surface area (Å²) < 4.78 is 5.93. The fourth-order valence-electron chi connectivity index (χ4n) is 2.14. The van der Waals surface area contributed by atoms with Gasteiger partial charge in [-0.3, -0.25) is 0 Å². The van der Waals surface area contributed by atoms with Gasteiger partial charge < -0.3 is 9.64 Å². The zero-order valence-corrected chi connectivity index (χ0v) is 9.57. The number of nitrogens with zero attached hydrogens (tertiary/aromatic N) is 1. The first kappa shape index (κ1) is 10.5. The highest BCUT2D eigenvalue weighted by Crippen LogP contribution is 2.30. The topological polar surface area (TPSA) is 12.5 Å². The molecule has 1 fully saturated rings. The maximum absolute atomic E-state index is 5.93. The molecule has 1 heterocycles. The molecular weight excluding hydrogens is 186 g/mol. The van der Waals surface area contributed by atoms with E-state index in [1.807, 2.05) is 6.07 Å². The van der Waals surface area contributed by atoms with Crippen LogP contribution in [-0.2, 0) is 4.74 Å². The van der Waals surface area contributed by atoms with Gasteiger partial charge in [-0.2, -0.15) is 0 Å². The zero-order chi connectivity index (χ0) is 10.7. The van der Waals surface area contributed by atoms with Crippen LogP contribution >= 0.6 is 0 Å². The van der Waals surface area contributed by atoms with E-state index in [9.17, 15) is 0 Å². The smallest absolute Gasteiger partial charge is 0.119 e. The third-order valence-electron chi connectivity index (χ3n) is 3.42. The van der Waals surface area contributed by atoms with Crippen molar-refractivity contribution in [2.45, 2.75) is 32.3 Å². The van der Waals surface area contributed by atoms with Crippen molar-refractivity contribution in [3.63, 3.8) is 0 Å². The van der Waals surface area contributed by atoms with E-state index in [0.717, 1.165) is 26.1 Å². The largest absolute Gasteiger partial charge is 0.353 e. The third kappa shape index (κ3) is 2.00. The van der Waals surface area contributed by atoms with E-state index in [2.05, 4.69) is 43.0 Å². The Kier molecular flexibility index (Phi) is 2.96. The van der Waals surface area contributed by atoms with Crippen molar-refractivity contribution in [3.8, 4) is 0 Å². The van der Waals surface area contributed by atoms with Crippen LogP contribution in [0, 0.1) is 0 Å². The molecule has 0 atom stereocenters. The maximum atomic E-state index is 5.93. The van der Waals surface area contributed by atoms with E-state index >= 15 is 0 Å². The lowest BCUT2D eigenvalue weighted by atomic mass is 9.97. The minimum atomic E-state index is 0.0792. The summed E-state index contributed by atoms with van der Waals surface area (Å²) in [6.07, 6.45) is 2.18. The van der Waals surface area contributed by atoms with Gasteiger partial charge in [-0.15, -0.1) is 0 Å². The number of hydrogen-bond acceptors (Lipinski definition) is 2. The quantitative estimate of drug-likeness (QED) is 0.752. The molecule has 0 N–H and O–H groups in total. The molecule has 2 nitrogen and oxygen atoms in total. The van der Waals surface area contributed by atoms with Crippen molar-refractivity contribution in [2.75, 3.05) is 18.2 Å². The fraction of sp³-hybridized carbons (Fsp3) is 0.538. The summed E-state index contributed by atoms with van der Waals surface area (Å²) in [5.41, 5.74) is 1.34. The molecule has 1 aromatic rings. The number of para-hydroxylation sites is 1. The second kappa shape index (κ2) is 4.23. The highest BCUT2D eigenvalue weighted by molar-refractivity contribution is 5.46. The summed E-state index contributed by atoms with van der Waals surface area (Å²) in [7, 11) is 0. The first-order chi connectivity index (χ1) is 7.29. The lowest BCUT2D eigenvalue weighted by molar-refractivity contribution is 0.00589. The number of anilines is 1. The van der Waals surface area contributed by atoms with Gasteiger partial charge in [-0.25, -0.2) is 0 Å². The monoisotopic (exact) mass is 205 g/mol. The average Bonchev–Trinajstić information content (AvgIpc) is 2.75. The van der Waals surface area contributed by atoms with Crippen LogP contribution in [0.2, 0.25) is 0 Å². The van der Waals surface area contributed by atoms with Crippen LogP contribution in [0.4, 0.5) is 5.69 Å². The molecule has 0 amide bonds. The van der Waals surface area contributed by atoms with E-state index in [1.165, 1.54) is 5.69 Å². The van der Waals surface area contributed by atoms with E-state index in [4.69, 9.17) is 4.74 Å². The Morgan fingerprint density at radius 3 is 2.40 bits per heavy atom. The van der Waals surface area contributed by atoms with Crippen LogP contribution in [0.1, 0.15) is 26.7 Å². The minimum Gasteiger partial charge on any atom is -0.353 e. The molecule has 1 saturated heterocycles. The van der Waals surface area contributed by atoms with Crippen molar-refractivity contribution in [3.05, 3.63) is 30.3 Å². The molecule has 15 heavy (non-hydrogen) atoms. The Morgan fingerprint density at radius 2 is 1.87 bits per heavy atom. The van der Waals surface area contributed by atoms with Gasteiger partial charge in [0.2, 0.25) is 0 Å². The lowest BCUT2D eigenvalue weighted by Crippen LogP contribution is -2.33. The highest BCUT2D eigenvalue weighted by atomic mass is 16.5. The van der Waals surface area contributed by atoms with Crippen molar-refractivity contribution >= 4 is 5.69 Å². The molecule has 0 aliphatic carbocycles. The lowest BCUT2D eigenvalue weighted by Gasteiger charge is -2.24. The molecule has 82 valence electrons. The fourth-order valence-corrected chi connectivity index (χ4v) is 2.14. The first-order valence-electron chi connectivity index (χ1n) is 5.73. The van der Waals surface area contributed by atoms with Gasteiger partial charge in [0.1, 0.15) is 6.73 Å². The summed E-state index contributed by atoms with van der Waals surface area (Å²) in [6, 6.07) is 10.5. The normalized spacial score (nSPS) is 19.5. The van der Waals surface area contributed by atoms with Crippen LogP contribution in [0.25, 0.3) is 0 Å². The van der Waals surface area contributed by atoms with Crippen LogP contribution in [-0.4, -0.2) is 18.9 Å². The number of ether oxygens (including phenoxy) is 1. The van der Waals surface area contributed by atoms with Crippen molar-refractivity contribution in [1.82, 2.24) is 0 Å². The van der Waals surface area contributed by atoms with Gasteiger partial charge >= 0.3 is 0 Å². The van der Waals surface area contributed by atoms with Crippen molar-refractivity contribution in [2.24, 2.45) is 0 Å². The molecule has 0 spiro atoms. The van der Waals surface area contributed by atoms with Crippen LogP contribution < -0.4 is 4.90 Å². The maximum Gasteiger partial charge on any atom is 0.119 e. The molecule has 1 aliphatic heterocycles. The summed E-state index contributed by atoms with van der Waals surface area (Å²) in [5.74, 6) is 0. The Labute approximate surface area is 91.9 Å². The number of benzene rings is 1. The van der Waals surface area contributed by atoms with Crippen LogP contribution in [0.5, 0.6) is 0 Å². The Balaban J connectivity index is 2.10. The second-order valence-corrected chi connectivity index (χ2v) is 4.20. The predicted octanol–water partition coefficient (Wildman–Crippen LogP) is 3.04.